The van der Waals surface area contributed by atoms with E-state index in [1.165, 1.54) is 37.9 Å². The van der Waals surface area contributed by atoms with E-state index in [-0.39, 0.29) is 5.56 Å². The van der Waals surface area contributed by atoms with Crippen molar-refractivity contribution in [2.75, 3.05) is 0 Å². The van der Waals surface area contributed by atoms with E-state index in [9.17, 15) is 4.79 Å². The largest absolute Gasteiger partial charge is 0.276 e. The third-order valence-electron chi connectivity index (χ3n) is 8.21. The minimum absolute atomic E-state index is 0.0523. The lowest BCUT2D eigenvalue weighted by Gasteiger charge is -2.15. The molecular weight excluding hydrogens is 474 g/mol. The van der Waals surface area contributed by atoms with Gasteiger partial charge in [0.2, 0.25) is 0 Å². The maximum absolute atomic E-state index is 13.7. The monoisotopic (exact) mass is 499 g/mol. The summed E-state index contributed by atoms with van der Waals surface area (Å²) < 4.78 is 1.87. The molecule has 0 N–H and O–H groups in total. The summed E-state index contributed by atoms with van der Waals surface area (Å²) in [6.07, 6.45) is 6.19. The van der Waals surface area contributed by atoms with Crippen molar-refractivity contribution >= 4 is 55.4 Å². The molecule has 0 fully saturated rings. The van der Waals surface area contributed by atoms with Crippen LogP contribution in [0.1, 0.15) is 12.8 Å². The number of aromatic nitrogens is 1. The first-order valence-corrected chi connectivity index (χ1v) is 13.6. The Morgan fingerprint density at radius 3 is 1.64 bits per heavy atom. The second-order valence-electron chi connectivity index (χ2n) is 10.4. The summed E-state index contributed by atoms with van der Waals surface area (Å²) >= 11 is 0. The molecule has 0 saturated heterocycles. The Morgan fingerprint density at radius 1 is 0.462 bits per heavy atom. The van der Waals surface area contributed by atoms with Gasteiger partial charge >= 0.3 is 0 Å². The van der Waals surface area contributed by atoms with Crippen molar-refractivity contribution in [3.05, 3.63) is 136 Å². The molecule has 7 aromatic rings. The van der Waals surface area contributed by atoms with E-state index in [0.29, 0.717) is 0 Å². The molecule has 184 valence electrons. The van der Waals surface area contributed by atoms with Crippen molar-refractivity contribution in [1.82, 2.24) is 4.57 Å². The molecule has 39 heavy (non-hydrogen) atoms. The Bertz CT molecular complexity index is 2260. The Balaban J connectivity index is 1.43. The van der Waals surface area contributed by atoms with Gasteiger partial charge in [-0.05, 0) is 91.8 Å². The first kappa shape index (κ1) is 22.1. The molecule has 6 aromatic carbocycles. The van der Waals surface area contributed by atoms with Crippen molar-refractivity contribution in [1.29, 1.82) is 0 Å². The fraction of sp³-hybridized carbons (Fsp3) is 0.0541. The third-order valence-corrected chi connectivity index (χ3v) is 8.21. The molecule has 1 aliphatic carbocycles. The zero-order chi connectivity index (χ0) is 25.9. The summed E-state index contributed by atoms with van der Waals surface area (Å²) in [6, 6.07) is 40.7. The minimum Gasteiger partial charge on any atom is -0.276 e. The van der Waals surface area contributed by atoms with E-state index in [1.807, 2.05) is 34.9 Å². The van der Waals surface area contributed by atoms with Crippen molar-refractivity contribution in [3.8, 4) is 16.8 Å². The normalized spacial score (nSPS) is 12.9. The van der Waals surface area contributed by atoms with Gasteiger partial charge in [0, 0.05) is 16.3 Å². The van der Waals surface area contributed by atoms with Crippen LogP contribution in [0.4, 0.5) is 0 Å². The Kier molecular flexibility index (Phi) is 4.83. The molecule has 0 spiro atoms. The highest BCUT2D eigenvalue weighted by atomic mass is 16.1. The predicted molar refractivity (Wildman–Crippen MR) is 165 cm³/mol. The average molecular weight is 500 g/mol. The molecule has 2 heteroatoms. The summed E-state index contributed by atoms with van der Waals surface area (Å²) in [5, 5.41) is 10.6. The van der Waals surface area contributed by atoms with E-state index < -0.39 is 0 Å². The lowest BCUT2D eigenvalue weighted by Crippen LogP contribution is -2.45. The predicted octanol–water partition coefficient (Wildman–Crippen LogP) is 7.47. The minimum atomic E-state index is 0.0523. The Labute approximate surface area is 225 Å². The fourth-order valence-corrected chi connectivity index (χ4v) is 6.41. The smallest absolute Gasteiger partial charge is 0.263 e. The quantitative estimate of drug-likeness (QED) is 0.226. The Morgan fingerprint density at radius 2 is 0.974 bits per heavy atom. The van der Waals surface area contributed by atoms with E-state index in [2.05, 4.69) is 97.1 Å². The van der Waals surface area contributed by atoms with Gasteiger partial charge in [0.15, 0.2) is 0 Å². The molecule has 1 heterocycles. The van der Waals surface area contributed by atoms with Crippen LogP contribution in [0.2, 0.25) is 0 Å². The highest BCUT2D eigenvalue weighted by Crippen LogP contribution is 2.37. The molecule has 1 aromatic heterocycles. The van der Waals surface area contributed by atoms with Gasteiger partial charge < -0.3 is 0 Å². The first-order valence-electron chi connectivity index (χ1n) is 13.6. The van der Waals surface area contributed by atoms with E-state index in [1.54, 1.807) is 0 Å². The lowest BCUT2D eigenvalue weighted by atomic mass is 9.91. The van der Waals surface area contributed by atoms with Gasteiger partial charge in [0.25, 0.3) is 5.56 Å². The van der Waals surface area contributed by atoms with Gasteiger partial charge in [0.05, 0.1) is 5.52 Å². The van der Waals surface area contributed by atoms with Crippen LogP contribution in [0.3, 0.4) is 0 Å². The first-order chi connectivity index (χ1) is 19.3. The van der Waals surface area contributed by atoms with E-state index >= 15 is 0 Å². The van der Waals surface area contributed by atoms with Gasteiger partial charge in [-0.1, -0.05) is 97.1 Å². The van der Waals surface area contributed by atoms with E-state index in [0.717, 1.165) is 45.4 Å². The number of para-hydroxylation sites is 1. The van der Waals surface area contributed by atoms with Crippen LogP contribution in [-0.2, 0) is 0 Å². The summed E-state index contributed by atoms with van der Waals surface area (Å²) in [5.41, 5.74) is 4.22. The number of pyridine rings is 1. The summed E-state index contributed by atoms with van der Waals surface area (Å²) in [4.78, 5) is 13.7. The molecule has 8 rings (SSSR count). The van der Waals surface area contributed by atoms with Crippen LogP contribution in [-0.4, -0.2) is 4.57 Å². The fourth-order valence-electron chi connectivity index (χ4n) is 6.41. The number of hydrogen-bond donors (Lipinski definition) is 0. The summed E-state index contributed by atoms with van der Waals surface area (Å²) in [6.45, 7) is 0. The Hall–Kier alpha value is -4.95. The second-order valence-corrected chi connectivity index (χ2v) is 10.4. The lowest BCUT2D eigenvalue weighted by molar-refractivity contribution is 1.00. The summed E-state index contributed by atoms with van der Waals surface area (Å²) in [7, 11) is 0. The van der Waals surface area contributed by atoms with Gasteiger partial charge in [0.1, 0.15) is 0 Å². The topological polar surface area (TPSA) is 22.0 Å². The van der Waals surface area contributed by atoms with Crippen LogP contribution in [0, 0.1) is 0 Å². The number of fused-ring (bicyclic) bond motifs is 9. The average Bonchev–Trinajstić information content (AvgIpc) is 3.01. The van der Waals surface area contributed by atoms with Crippen LogP contribution < -0.4 is 16.0 Å². The highest BCUT2D eigenvalue weighted by molar-refractivity contribution is 6.25. The maximum atomic E-state index is 13.7. The van der Waals surface area contributed by atoms with Crippen LogP contribution in [0.25, 0.3) is 72.2 Å². The van der Waals surface area contributed by atoms with Crippen molar-refractivity contribution in [3.63, 3.8) is 0 Å². The maximum Gasteiger partial charge on any atom is 0.263 e. The molecule has 0 atom stereocenters. The van der Waals surface area contributed by atoms with Gasteiger partial charge in [-0.2, -0.15) is 0 Å². The van der Waals surface area contributed by atoms with Gasteiger partial charge in [-0.3, -0.25) is 9.36 Å². The van der Waals surface area contributed by atoms with Crippen molar-refractivity contribution in [2.45, 2.75) is 12.8 Å². The van der Waals surface area contributed by atoms with Crippen LogP contribution in [0.5, 0.6) is 0 Å². The molecule has 0 saturated carbocycles. The van der Waals surface area contributed by atoms with Gasteiger partial charge in [-0.25, -0.2) is 0 Å². The molecule has 0 aliphatic heterocycles. The zero-order valence-electron chi connectivity index (χ0n) is 21.4. The molecule has 2 nitrogen and oxygen atoms in total. The summed E-state index contributed by atoms with van der Waals surface area (Å²) in [5.74, 6) is 0. The zero-order valence-corrected chi connectivity index (χ0v) is 21.4. The molecular formula is C37H25NO. The van der Waals surface area contributed by atoms with Gasteiger partial charge in [-0.15, -0.1) is 0 Å². The number of hydrogen-bond acceptors (Lipinski definition) is 1. The highest BCUT2D eigenvalue weighted by Gasteiger charge is 2.14. The van der Waals surface area contributed by atoms with Crippen molar-refractivity contribution in [2.24, 2.45) is 0 Å². The standard InChI is InChI=1S/C37H25NO/c39-37-33-17-9-8-16-31(33)35-23-25(19-21-36(35)38(37)26-10-2-1-3-11-26)24-18-20-32-29-14-5-4-12-27(29)28-13-6-7-15-30(28)34(32)22-24/h1-7,10-23H,8-9H2. The molecule has 0 bridgehead atoms. The molecule has 0 amide bonds. The molecule has 1 aliphatic rings. The molecule has 0 unspecified atom stereocenters. The number of benzene rings is 6. The van der Waals surface area contributed by atoms with Crippen molar-refractivity contribution < 1.29 is 0 Å². The van der Waals surface area contributed by atoms with Crippen LogP contribution in [0.15, 0.2) is 120 Å². The third kappa shape index (κ3) is 3.31. The number of rotatable bonds is 2. The van der Waals surface area contributed by atoms with Crippen LogP contribution >= 0.6 is 0 Å². The molecule has 0 radical (unpaired) electrons. The number of nitrogens with zero attached hydrogens (tertiary/aromatic N) is 1. The van der Waals surface area contributed by atoms with E-state index in [4.69, 9.17) is 0 Å². The SMILES string of the molecule is O=c1c2c(c3cc(-c4ccc5c6ccccc6c6ccccc6c5c4)ccc3n1-c1ccccc1)=CCCC=2. The second kappa shape index (κ2) is 8.54.